The average Bonchev–Trinajstić information content (AvgIpc) is 2.96. The van der Waals surface area contributed by atoms with E-state index in [1.807, 2.05) is 0 Å². The summed E-state index contributed by atoms with van der Waals surface area (Å²) in [5.41, 5.74) is 5.80. The van der Waals surface area contributed by atoms with Crippen LogP contribution in [0.1, 0.15) is 16.8 Å². The minimum atomic E-state index is -3.58. The number of sulfonamides is 1. The molecule has 0 aliphatic carbocycles. The molecule has 1 saturated heterocycles. The van der Waals surface area contributed by atoms with Crippen LogP contribution in [0.15, 0.2) is 29.2 Å². The lowest BCUT2D eigenvalue weighted by molar-refractivity contribution is 0.0600. The SMILES string of the molecule is COC(=O)c1cccc(S(=O)(=O)N2CCC(CN)C2)c1. The Labute approximate surface area is 118 Å². The van der Waals surface area contributed by atoms with E-state index in [0.717, 1.165) is 6.42 Å². The zero-order chi connectivity index (χ0) is 14.8. The minimum absolute atomic E-state index is 0.109. The van der Waals surface area contributed by atoms with Crippen LogP contribution in [0.3, 0.4) is 0 Å². The van der Waals surface area contributed by atoms with Crippen LogP contribution in [0.2, 0.25) is 0 Å². The van der Waals surface area contributed by atoms with Gasteiger partial charge in [-0.1, -0.05) is 6.07 Å². The number of hydrogen-bond acceptors (Lipinski definition) is 5. The third kappa shape index (κ3) is 2.84. The predicted octanol–water partition coefficient (Wildman–Crippen LogP) is 0.442. The molecule has 20 heavy (non-hydrogen) atoms. The van der Waals surface area contributed by atoms with Crippen molar-refractivity contribution in [1.82, 2.24) is 4.31 Å². The molecule has 1 aliphatic heterocycles. The Hall–Kier alpha value is -1.44. The fourth-order valence-electron chi connectivity index (χ4n) is 2.26. The first-order valence-corrected chi connectivity index (χ1v) is 7.81. The van der Waals surface area contributed by atoms with Crippen LogP contribution in [-0.4, -0.2) is 45.4 Å². The Balaban J connectivity index is 2.28. The van der Waals surface area contributed by atoms with Gasteiger partial charge in [0.25, 0.3) is 0 Å². The van der Waals surface area contributed by atoms with Gasteiger partial charge in [-0.2, -0.15) is 4.31 Å². The van der Waals surface area contributed by atoms with Gasteiger partial charge in [0.05, 0.1) is 17.6 Å². The van der Waals surface area contributed by atoms with Crippen molar-refractivity contribution >= 4 is 16.0 Å². The van der Waals surface area contributed by atoms with Gasteiger partial charge in [-0.3, -0.25) is 0 Å². The number of hydrogen-bond donors (Lipinski definition) is 1. The second-order valence-corrected chi connectivity index (χ2v) is 6.71. The first kappa shape index (κ1) is 15.0. The van der Waals surface area contributed by atoms with Crippen molar-refractivity contribution in [2.45, 2.75) is 11.3 Å². The highest BCUT2D eigenvalue weighted by Crippen LogP contribution is 2.24. The van der Waals surface area contributed by atoms with E-state index in [4.69, 9.17) is 5.73 Å². The second kappa shape index (κ2) is 5.90. The number of benzene rings is 1. The summed E-state index contributed by atoms with van der Waals surface area (Å²) in [5.74, 6) is -0.350. The van der Waals surface area contributed by atoms with Crippen molar-refractivity contribution in [3.63, 3.8) is 0 Å². The topological polar surface area (TPSA) is 89.7 Å². The van der Waals surface area contributed by atoms with Crippen LogP contribution in [0.25, 0.3) is 0 Å². The van der Waals surface area contributed by atoms with Crippen LogP contribution < -0.4 is 5.73 Å². The van der Waals surface area contributed by atoms with Gasteiger partial charge in [0.1, 0.15) is 0 Å². The lowest BCUT2D eigenvalue weighted by Gasteiger charge is -2.16. The van der Waals surface area contributed by atoms with E-state index >= 15 is 0 Å². The third-order valence-corrected chi connectivity index (χ3v) is 5.34. The highest BCUT2D eigenvalue weighted by Gasteiger charge is 2.32. The molecule has 1 aromatic carbocycles. The average molecular weight is 298 g/mol. The van der Waals surface area contributed by atoms with E-state index in [9.17, 15) is 13.2 Å². The van der Waals surface area contributed by atoms with Gasteiger partial charge in [-0.15, -0.1) is 0 Å². The first-order chi connectivity index (χ1) is 9.48. The van der Waals surface area contributed by atoms with Gasteiger partial charge in [0.2, 0.25) is 10.0 Å². The molecule has 0 bridgehead atoms. The van der Waals surface area contributed by atoms with Gasteiger partial charge in [-0.25, -0.2) is 13.2 Å². The molecule has 0 spiro atoms. The predicted molar refractivity (Wildman–Crippen MR) is 73.7 cm³/mol. The van der Waals surface area contributed by atoms with Crippen molar-refractivity contribution in [3.05, 3.63) is 29.8 Å². The minimum Gasteiger partial charge on any atom is -0.465 e. The molecular formula is C13H18N2O4S. The van der Waals surface area contributed by atoms with Crippen molar-refractivity contribution in [2.75, 3.05) is 26.7 Å². The van der Waals surface area contributed by atoms with Gasteiger partial charge in [-0.05, 0) is 37.1 Å². The summed E-state index contributed by atoms with van der Waals surface area (Å²) < 4.78 is 31.0. The molecule has 2 rings (SSSR count). The number of methoxy groups -OCH3 is 1. The number of nitrogens with two attached hydrogens (primary N) is 1. The second-order valence-electron chi connectivity index (χ2n) is 4.77. The standard InChI is InChI=1S/C13H18N2O4S/c1-19-13(16)11-3-2-4-12(7-11)20(17,18)15-6-5-10(8-14)9-15/h2-4,7,10H,5-6,8-9,14H2,1H3. The van der Waals surface area contributed by atoms with Crippen molar-refractivity contribution in [1.29, 1.82) is 0 Å². The maximum Gasteiger partial charge on any atom is 0.337 e. The molecule has 0 amide bonds. The van der Waals surface area contributed by atoms with E-state index in [1.54, 1.807) is 0 Å². The molecule has 1 atom stereocenters. The first-order valence-electron chi connectivity index (χ1n) is 6.37. The van der Waals surface area contributed by atoms with E-state index in [2.05, 4.69) is 4.74 Å². The monoisotopic (exact) mass is 298 g/mol. The maximum absolute atomic E-state index is 12.5. The van der Waals surface area contributed by atoms with E-state index in [1.165, 1.54) is 35.7 Å². The molecule has 7 heteroatoms. The zero-order valence-corrected chi connectivity index (χ0v) is 12.1. The molecule has 0 saturated carbocycles. The molecule has 110 valence electrons. The Morgan fingerprint density at radius 3 is 2.85 bits per heavy atom. The van der Waals surface area contributed by atoms with Crippen LogP contribution >= 0.6 is 0 Å². The number of ether oxygens (including phenoxy) is 1. The van der Waals surface area contributed by atoms with Crippen LogP contribution in [-0.2, 0) is 14.8 Å². The Morgan fingerprint density at radius 1 is 1.50 bits per heavy atom. The van der Waals surface area contributed by atoms with E-state index in [0.29, 0.717) is 19.6 Å². The molecule has 1 fully saturated rings. The summed E-state index contributed by atoms with van der Waals surface area (Å²) >= 11 is 0. The molecular weight excluding hydrogens is 280 g/mol. The highest BCUT2D eigenvalue weighted by atomic mass is 32.2. The molecule has 6 nitrogen and oxygen atoms in total. The van der Waals surface area contributed by atoms with Crippen molar-refractivity contribution in [2.24, 2.45) is 11.7 Å². The molecule has 1 heterocycles. The van der Waals surface area contributed by atoms with Crippen molar-refractivity contribution in [3.8, 4) is 0 Å². The van der Waals surface area contributed by atoms with Crippen LogP contribution in [0.4, 0.5) is 0 Å². The summed E-state index contributed by atoms with van der Waals surface area (Å²) in [6, 6.07) is 5.89. The Kier molecular flexibility index (Phi) is 4.42. The molecule has 1 aliphatic rings. The number of carbonyl (C=O) groups excluding carboxylic acids is 1. The Morgan fingerprint density at radius 2 is 2.25 bits per heavy atom. The van der Waals surface area contributed by atoms with Gasteiger partial charge >= 0.3 is 5.97 Å². The number of rotatable bonds is 4. The highest BCUT2D eigenvalue weighted by molar-refractivity contribution is 7.89. The van der Waals surface area contributed by atoms with E-state index < -0.39 is 16.0 Å². The Bertz CT molecular complexity index is 600. The number of esters is 1. The molecule has 1 unspecified atom stereocenters. The largest absolute Gasteiger partial charge is 0.465 e. The van der Waals surface area contributed by atoms with Gasteiger partial charge in [0.15, 0.2) is 0 Å². The quantitative estimate of drug-likeness (QED) is 0.815. The van der Waals surface area contributed by atoms with Gasteiger partial charge in [0, 0.05) is 13.1 Å². The normalized spacial score (nSPS) is 20.0. The smallest absolute Gasteiger partial charge is 0.337 e. The van der Waals surface area contributed by atoms with Gasteiger partial charge < -0.3 is 10.5 Å². The summed E-state index contributed by atoms with van der Waals surface area (Å²) in [6.45, 7) is 1.38. The van der Waals surface area contributed by atoms with Crippen molar-refractivity contribution < 1.29 is 17.9 Å². The third-order valence-electron chi connectivity index (χ3n) is 3.47. The van der Waals surface area contributed by atoms with Crippen LogP contribution in [0, 0.1) is 5.92 Å². The fourth-order valence-corrected chi connectivity index (χ4v) is 3.84. The van der Waals surface area contributed by atoms with E-state index in [-0.39, 0.29) is 16.4 Å². The molecule has 0 aromatic heterocycles. The lowest BCUT2D eigenvalue weighted by atomic mass is 10.1. The lowest BCUT2D eigenvalue weighted by Crippen LogP contribution is -2.30. The summed E-state index contributed by atoms with van der Waals surface area (Å²) in [7, 11) is -2.32. The molecule has 1 aromatic rings. The molecule has 2 N–H and O–H groups in total. The summed E-state index contributed by atoms with van der Waals surface area (Å²) in [6.07, 6.45) is 0.770. The summed E-state index contributed by atoms with van der Waals surface area (Å²) in [5, 5.41) is 0. The number of carbonyl (C=O) groups is 1. The zero-order valence-electron chi connectivity index (χ0n) is 11.3. The maximum atomic E-state index is 12.5. The van der Waals surface area contributed by atoms with Crippen LogP contribution in [0.5, 0.6) is 0 Å². The number of nitrogens with zero attached hydrogens (tertiary/aromatic N) is 1. The summed E-state index contributed by atoms with van der Waals surface area (Å²) in [4.78, 5) is 11.6. The molecule has 0 radical (unpaired) electrons. The fraction of sp³-hybridized carbons (Fsp3) is 0.462.